The molecular weight excluding hydrogens is 355 g/mol. The number of nitrogens with one attached hydrogen (secondary N) is 1. The second-order valence-corrected chi connectivity index (χ2v) is 7.88. The molecule has 0 aliphatic rings. The largest absolute Gasteiger partial charge is 0.356 e. The molecule has 2 aromatic rings. The van der Waals surface area contributed by atoms with Crippen LogP contribution in [0.25, 0.3) is 0 Å². The number of carbonyl (C=O) groups excluding carboxylic acids is 1. The molecule has 2 rings (SSSR count). The SMILES string of the molecule is CS(=O)(=O)N(CCCC(=O)NCCc1ccccc1)c1ccccc1F. The minimum absolute atomic E-state index is 0.000476. The highest BCUT2D eigenvalue weighted by Crippen LogP contribution is 2.21. The van der Waals surface area contributed by atoms with Crippen molar-refractivity contribution in [3.05, 3.63) is 66.0 Å². The van der Waals surface area contributed by atoms with Crippen LogP contribution in [-0.2, 0) is 21.2 Å². The maximum absolute atomic E-state index is 13.9. The van der Waals surface area contributed by atoms with Gasteiger partial charge in [0.1, 0.15) is 5.82 Å². The van der Waals surface area contributed by atoms with Crippen LogP contribution in [-0.4, -0.2) is 33.7 Å². The smallest absolute Gasteiger partial charge is 0.232 e. The van der Waals surface area contributed by atoms with E-state index in [1.807, 2.05) is 30.3 Å². The maximum Gasteiger partial charge on any atom is 0.232 e. The van der Waals surface area contributed by atoms with Gasteiger partial charge < -0.3 is 5.32 Å². The summed E-state index contributed by atoms with van der Waals surface area (Å²) in [6.45, 7) is 0.567. The van der Waals surface area contributed by atoms with Gasteiger partial charge in [-0.25, -0.2) is 12.8 Å². The molecule has 0 heterocycles. The van der Waals surface area contributed by atoms with Crippen LogP contribution < -0.4 is 9.62 Å². The first kappa shape index (κ1) is 19.9. The molecule has 0 saturated carbocycles. The number of hydrogen-bond donors (Lipinski definition) is 1. The van der Waals surface area contributed by atoms with Gasteiger partial charge in [-0.3, -0.25) is 9.10 Å². The molecule has 5 nitrogen and oxygen atoms in total. The van der Waals surface area contributed by atoms with Crippen molar-refractivity contribution in [1.29, 1.82) is 0 Å². The van der Waals surface area contributed by atoms with Gasteiger partial charge in [0, 0.05) is 19.5 Å². The van der Waals surface area contributed by atoms with Gasteiger partial charge in [-0.2, -0.15) is 0 Å². The van der Waals surface area contributed by atoms with Gasteiger partial charge in [0.05, 0.1) is 11.9 Å². The quantitative estimate of drug-likeness (QED) is 0.730. The van der Waals surface area contributed by atoms with E-state index in [9.17, 15) is 17.6 Å². The van der Waals surface area contributed by atoms with Gasteiger partial charge in [-0.1, -0.05) is 42.5 Å². The zero-order valence-corrected chi connectivity index (χ0v) is 15.5. The predicted molar refractivity (Wildman–Crippen MR) is 101 cm³/mol. The Balaban J connectivity index is 1.82. The van der Waals surface area contributed by atoms with Crippen molar-refractivity contribution in [3.63, 3.8) is 0 Å². The molecule has 0 saturated heterocycles. The lowest BCUT2D eigenvalue weighted by Crippen LogP contribution is -2.33. The van der Waals surface area contributed by atoms with Gasteiger partial charge >= 0.3 is 0 Å². The van der Waals surface area contributed by atoms with Gasteiger partial charge in [-0.05, 0) is 30.5 Å². The van der Waals surface area contributed by atoms with Gasteiger partial charge in [0.15, 0.2) is 0 Å². The van der Waals surface area contributed by atoms with Crippen molar-refractivity contribution in [2.45, 2.75) is 19.3 Å². The Bertz CT molecular complexity index is 826. The van der Waals surface area contributed by atoms with Crippen LogP contribution in [0.4, 0.5) is 10.1 Å². The first-order chi connectivity index (χ1) is 12.4. The normalized spacial score (nSPS) is 11.2. The van der Waals surface area contributed by atoms with Gasteiger partial charge in [-0.15, -0.1) is 0 Å². The van der Waals surface area contributed by atoms with E-state index in [0.29, 0.717) is 13.0 Å². The molecule has 2 aromatic carbocycles. The van der Waals surface area contributed by atoms with Gasteiger partial charge in [0.2, 0.25) is 15.9 Å². The fourth-order valence-electron chi connectivity index (χ4n) is 2.58. The Morgan fingerprint density at radius 1 is 1.08 bits per heavy atom. The van der Waals surface area contributed by atoms with Crippen LogP contribution in [0, 0.1) is 5.82 Å². The molecule has 0 radical (unpaired) electrons. The van der Waals surface area contributed by atoms with E-state index in [0.717, 1.165) is 22.5 Å². The molecule has 1 N–H and O–H groups in total. The Morgan fingerprint density at radius 2 is 1.73 bits per heavy atom. The second-order valence-electron chi connectivity index (χ2n) is 5.98. The molecule has 1 amide bonds. The van der Waals surface area contributed by atoms with Crippen molar-refractivity contribution in [2.75, 3.05) is 23.7 Å². The zero-order chi connectivity index (χ0) is 19.0. The Kier molecular flexibility index (Phi) is 7.15. The lowest BCUT2D eigenvalue weighted by molar-refractivity contribution is -0.121. The van der Waals surface area contributed by atoms with E-state index in [4.69, 9.17) is 0 Å². The van der Waals surface area contributed by atoms with Crippen LogP contribution in [0.3, 0.4) is 0 Å². The highest BCUT2D eigenvalue weighted by atomic mass is 32.2. The minimum Gasteiger partial charge on any atom is -0.356 e. The number of halogens is 1. The summed E-state index contributed by atoms with van der Waals surface area (Å²) in [6, 6.07) is 15.5. The Morgan fingerprint density at radius 3 is 2.38 bits per heavy atom. The number of benzene rings is 2. The summed E-state index contributed by atoms with van der Waals surface area (Å²) in [4.78, 5) is 11.9. The van der Waals surface area contributed by atoms with Crippen molar-refractivity contribution >= 4 is 21.6 Å². The molecule has 0 unspecified atom stereocenters. The number of amides is 1. The Hall–Kier alpha value is -2.41. The molecule has 7 heteroatoms. The van der Waals surface area contributed by atoms with E-state index in [2.05, 4.69) is 5.32 Å². The number of anilines is 1. The molecule has 0 fully saturated rings. The van der Waals surface area contributed by atoms with Crippen LogP contribution in [0.15, 0.2) is 54.6 Å². The van der Waals surface area contributed by atoms with E-state index >= 15 is 0 Å². The minimum atomic E-state index is -3.63. The maximum atomic E-state index is 13.9. The summed E-state index contributed by atoms with van der Waals surface area (Å²) in [7, 11) is -3.63. The highest BCUT2D eigenvalue weighted by molar-refractivity contribution is 7.92. The summed E-state index contributed by atoms with van der Waals surface area (Å²) >= 11 is 0. The molecule has 0 aromatic heterocycles. The lowest BCUT2D eigenvalue weighted by atomic mass is 10.1. The van der Waals surface area contributed by atoms with Crippen molar-refractivity contribution < 1.29 is 17.6 Å². The molecular formula is C19H23FN2O3S. The summed E-state index contributed by atoms with van der Waals surface area (Å²) < 4.78 is 38.8. The number of para-hydroxylation sites is 1. The van der Waals surface area contributed by atoms with Crippen LogP contribution >= 0.6 is 0 Å². The third kappa shape index (κ3) is 6.15. The number of sulfonamides is 1. The number of hydrogen-bond acceptors (Lipinski definition) is 3. The second kappa shape index (κ2) is 9.33. The van der Waals surface area contributed by atoms with E-state index < -0.39 is 15.8 Å². The van der Waals surface area contributed by atoms with Crippen molar-refractivity contribution in [1.82, 2.24) is 5.32 Å². The Labute approximate surface area is 153 Å². The predicted octanol–water partition coefficient (Wildman–Crippen LogP) is 2.73. The molecule has 0 aliphatic heterocycles. The summed E-state index contributed by atoms with van der Waals surface area (Å²) in [6.07, 6.45) is 2.24. The topological polar surface area (TPSA) is 66.5 Å². The zero-order valence-electron chi connectivity index (χ0n) is 14.7. The highest BCUT2D eigenvalue weighted by Gasteiger charge is 2.20. The molecule has 0 atom stereocenters. The standard InChI is InChI=1S/C19H23FN2O3S/c1-26(24,25)22(18-11-6-5-10-17(18)20)15-7-12-19(23)21-14-13-16-8-3-2-4-9-16/h2-6,8-11H,7,12-15H2,1H3,(H,21,23). The average molecular weight is 378 g/mol. The van der Waals surface area contributed by atoms with Crippen LogP contribution in [0.1, 0.15) is 18.4 Å². The summed E-state index contributed by atoms with van der Waals surface area (Å²) in [5, 5.41) is 2.81. The third-order valence-electron chi connectivity index (χ3n) is 3.87. The van der Waals surface area contributed by atoms with Crippen molar-refractivity contribution in [2.24, 2.45) is 0 Å². The molecule has 140 valence electrons. The van der Waals surface area contributed by atoms with Crippen LogP contribution in [0.2, 0.25) is 0 Å². The molecule has 26 heavy (non-hydrogen) atoms. The molecule has 0 bridgehead atoms. The fraction of sp³-hybridized carbons (Fsp3) is 0.316. The third-order valence-corrected chi connectivity index (χ3v) is 5.05. The number of nitrogens with zero attached hydrogens (tertiary/aromatic N) is 1. The lowest BCUT2D eigenvalue weighted by Gasteiger charge is -2.22. The first-order valence-electron chi connectivity index (χ1n) is 8.41. The first-order valence-corrected chi connectivity index (χ1v) is 10.3. The van der Waals surface area contributed by atoms with Gasteiger partial charge in [0.25, 0.3) is 0 Å². The fourth-order valence-corrected chi connectivity index (χ4v) is 3.55. The average Bonchev–Trinajstić information content (AvgIpc) is 2.60. The van der Waals surface area contributed by atoms with Crippen LogP contribution in [0.5, 0.6) is 0 Å². The van der Waals surface area contributed by atoms with E-state index in [-0.39, 0.29) is 24.6 Å². The van der Waals surface area contributed by atoms with E-state index in [1.165, 1.54) is 18.2 Å². The number of carbonyl (C=O) groups is 1. The molecule has 0 spiro atoms. The number of rotatable bonds is 9. The van der Waals surface area contributed by atoms with E-state index in [1.54, 1.807) is 6.07 Å². The monoisotopic (exact) mass is 378 g/mol. The molecule has 0 aliphatic carbocycles. The summed E-state index contributed by atoms with van der Waals surface area (Å²) in [5.41, 5.74) is 1.13. The summed E-state index contributed by atoms with van der Waals surface area (Å²) in [5.74, 6) is -0.756. The van der Waals surface area contributed by atoms with Crippen molar-refractivity contribution in [3.8, 4) is 0 Å².